The van der Waals surface area contributed by atoms with Gasteiger partial charge in [-0.3, -0.25) is 4.79 Å². The minimum atomic E-state index is 0.120. The molecule has 0 saturated carbocycles. The van der Waals surface area contributed by atoms with E-state index in [0.717, 1.165) is 34.2 Å². The molecule has 0 heterocycles. The predicted octanol–water partition coefficient (Wildman–Crippen LogP) is 5.16. The highest BCUT2D eigenvalue weighted by molar-refractivity contribution is 6.09. The van der Waals surface area contributed by atoms with Crippen LogP contribution < -0.4 is 0 Å². The van der Waals surface area contributed by atoms with E-state index in [2.05, 4.69) is 6.07 Å². The number of phenolic OH excluding ortho intramolecular Hbond substituents is 1. The second-order valence-corrected chi connectivity index (χ2v) is 6.34. The van der Waals surface area contributed by atoms with Crippen LogP contribution >= 0.6 is 0 Å². The van der Waals surface area contributed by atoms with Crippen molar-refractivity contribution in [3.05, 3.63) is 77.4 Å². The molecule has 0 radical (unpaired) electrons. The van der Waals surface area contributed by atoms with Gasteiger partial charge in [0.15, 0.2) is 5.78 Å². The molecule has 1 aliphatic carbocycles. The molecule has 0 atom stereocenters. The Balaban J connectivity index is 2.04. The van der Waals surface area contributed by atoms with E-state index in [9.17, 15) is 9.90 Å². The fourth-order valence-corrected chi connectivity index (χ4v) is 3.54. The van der Waals surface area contributed by atoms with Crippen molar-refractivity contribution in [1.82, 2.24) is 0 Å². The average Bonchev–Trinajstić information content (AvgIpc) is 2.96. The van der Waals surface area contributed by atoms with Gasteiger partial charge in [0.1, 0.15) is 5.75 Å². The second kappa shape index (κ2) is 5.64. The number of Topliss-reactive ketones (excluding diaryl/α,β-unsaturated/α-hetero) is 1. The zero-order valence-corrected chi connectivity index (χ0v) is 13.5. The quantitative estimate of drug-likeness (QED) is 0.709. The topological polar surface area (TPSA) is 37.3 Å². The summed E-state index contributed by atoms with van der Waals surface area (Å²) in [5, 5.41) is 11.0. The van der Waals surface area contributed by atoms with Gasteiger partial charge in [0.25, 0.3) is 0 Å². The van der Waals surface area contributed by atoms with Crippen LogP contribution in [0.15, 0.2) is 60.7 Å². The largest absolute Gasteiger partial charge is 0.507 e. The zero-order valence-electron chi connectivity index (χ0n) is 13.5. The third-order valence-corrected chi connectivity index (χ3v) is 4.67. The molecular weight excluding hydrogens is 296 g/mol. The first-order valence-corrected chi connectivity index (χ1v) is 8.19. The first-order chi connectivity index (χ1) is 11.6. The summed E-state index contributed by atoms with van der Waals surface area (Å²) in [5.41, 5.74) is 6.20. The normalized spacial score (nSPS) is 13.1. The maximum atomic E-state index is 12.4. The fraction of sp³-hybridized carbons (Fsp3) is 0.136. The summed E-state index contributed by atoms with van der Waals surface area (Å²) in [7, 11) is 0. The summed E-state index contributed by atoms with van der Waals surface area (Å²) >= 11 is 0. The predicted molar refractivity (Wildman–Crippen MR) is 96.4 cm³/mol. The summed E-state index contributed by atoms with van der Waals surface area (Å²) in [5.74, 6) is 0.316. The number of fused-ring (bicyclic) bond motifs is 1. The molecule has 2 heteroatoms. The van der Waals surface area contributed by atoms with Crippen molar-refractivity contribution in [2.45, 2.75) is 19.8 Å². The smallest absolute Gasteiger partial charge is 0.164 e. The maximum absolute atomic E-state index is 12.4. The summed E-state index contributed by atoms with van der Waals surface area (Å²) in [6.07, 6.45) is 1.26. The first-order valence-electron chi connectivity index (χ1n) is 8.19. The monoisotopic (exact) mass is 314 g/mol. The average molecular weight is 314 g/mol. The Morgan fingerprint density at radius 3 is 2.33 bits per heavy atom. The number of ketones is 1. The first kappa shape index (κ1) is 14.7. The third kappa shape index (κ3) is 2.31. The molecule has 0 saturated heterocycles. The van der Waals surface area contributed by atoms with E-state index < -0.39 is 0 Å². The van der Waals surface area contributed by atoms with Crippen molar-refractivity contribution < 1.29 is 9.90 Å². The zero-order chi connectivity index (χ0) is 16.7. The van der Waals surface area contributed by atoms with Gasteiger partial charge in [-0.25, -0.2) is 0 Å². The lowest BCUT2D eigenvalue weighted by Gasteiger charge is -2.15. The van der Waals surface area contributed by atoms with Crippen LogP contribution in [0.2, 0.25) is 0 Å². The number of benzene rings is 3. The molecule has 1 N–H and O–H groups in total. The standard InChI is InChI=1S/C22H18O2/c1-14-6-5-9-16(12-14)18-13-17-10-11-19(23)20(17)21(22(18)24)15-7-3-2-4-8-15/h2-9,12-13,24H,10-11H2,1H3. The molecule has 2 nitrogen and oxygen atoms in total. The number of carbonyl (C=O) groups excluding carboxylic acids is 1. The molecule has 3 aromatic rings. The van der Waals surface area contributed by atoms with Crippen LogP contribution in [0.1, 0.15) is 27.9 Å². The lowest BCUT2D eigenvalue weighted by atomic mass is 9.90. The third-order valence-electron chi connectivity index (χ3n) is 4.67. The highest BCUT2D eigenvalue weighted by Gasteiger charge is 2.28. The molecule has 0 bridgehead atoms. The van der Waals surface area contributed by atoms with Crippen LogP contribution in [-0.2, 0) is 6.42 Å². The highest BCUT2D eigenvalue weighted by atomic mass is 16.3. The molecule has 24 heavy (non-hydrogen) atoms. The van der Waals surface area contributed by atoms with Crippen LogP contribution in [0, 0.1) is 6.92 Å². The van der Waals surface area contributed by atoms with E-state index in [1.54, 1.807) is 0 Å². The Hall–Kier alpha value is -2.87. The Kier molecular flexibility index (Phi) is 3.46. The van der Waals surface area contributed by atoms with Crippen LogP contribution in [-0.4, -0.2) is 10.9 Å². The highest BCUT2D eigenvalue weighted by Crippen LogP contribution is 2.45. The SMILES string of the molecule is Cc1cccc(-c2cc3c(c(-c4ccccc4)c2O)C(=O)CC3)c1. The number of aryl methyl sites for hydroxylation is 2. The van der Waals surface area contributed by atoms with E-state index in [1.165, 1.54) is 0 Å². The molecule has 118 valence electrons. The van der Waals surface area contributed by atoms with Crippen molar-refractivity contribution in [1.29, 1.82) is 0 Å². The number of phenols is 1. The van der Waals surface area contributed by atoms with Crippen LogP contribution in [0.5, 0.6) is 5.75 Å². The van der Waals surface area contributed by atoms with Crippen LogP contribution in [0.25, 0.3) is 22.3 Å². The van der Waals surface area contributed by atoms with Crippen LogP contribution in [0.4, 0.5) is 0 Å². The molecule has 1 aliphatic rings. The fourth-order valence-electron chi connectivity index (χ4n) is 3.54. The Morgan fingerprint density at radius 2 is 1.58 bits per heavy atom. The van der Waals surface area contributed by atoms with E-state index in [4.69, 9.17) is 0 Å². The molecule has 0 aromatic heterocycles. The molecule has 0 unspecified atom stereocenters. The van der Waals surface area contributed by atoms with Gasteiger partial charge in [0, 0.05) is 23.1 Å². The van der Waals surface area contributed by atoms with Gasteiger partial charge in [-0.1, -0.05) is 60.2 Å². The number of hydrogen-bond donors (Lipinski definition) is 1. The van der Waals surface area contributed by atoms with Gasteiger partial charge in [-0.2, -0.15) is 0 Å². The minimum Gasteiger partial charge on any atom is -0.507 e. The Morgan fingerprint density at radius 1 is 0.833 bits per heavy atom. The Bertz CT molecular complexity index is 940. The van der Waals surface area contributed by atoms with Crippen LogP contribution in [0.3, 0.4) is 0 Å². The second-order valence-electron chi connectivity index (χ2n) is 6.34. The van der Waals surface area contributed by atoms with Gasteiger partial charge < -0.3 is 5.11 Å². The van der Waals surface area contributed by atoms with E-state index in [-0.39, 0.29) is 11.5 Å². The molecule has 0 aliphatic heterocycles. The van der Waals surface area contributed by atoms with Crippen molar-refractivity contribution in [3.63, 3.8) is 0 Å². The maximum Gasteiger partial charge on any atom is 0.164 e. The van der Waals surface area contributed by atoms with Gasteiger partial charge >= 0.3 is 0 Å². The molecule has 0 amide bonds. The van der Waals surface area contributed by atoms with Crippen molar-refractivity contribution in [2.75, 3.05) is 0 Å². The summed E-state index contributed by atoms with van der Waals surface area (Å²) in [6, 6.07) is 19.8. The van der Waals surface area contributed by atoms with Gasteiger partial charge in [0.2, 0.25) is 0 Å². The van der Waals surface area contributed by atoms with Crippen molar-refractivity contribution >= 4 is 5.78 Å². The number of aromatic hydroxyl groups is 1. The number of rotatable bonds is 2. The molecule has 0 spiro atoms. The van der Waals surface area contributed by atoms with E-state index >= 15 is 0 Å². The lowest BCUT2D eigenvalue weighted by Crippen LogP contribution is -1.98. The van der Waals surface area contributed by atoms with E-state index in [0.29, 0.717) is 17.5 Å². The van der Waals surface area contributed by atoms with Gasteiger partial charge in [-0.15, -0.1) is 0 Å². The molecular formula is C22H18O2. The summed E-state index contributed by atoms with van der Waals surface area (Å²) in [4.78, 5) is 12.4. The lowest BCUT2D eigenvalue weighted by molar-refractivity contribution is 0.0995. The van der Waals surface area contributed by atoms with Gasteiger partial charge in [0.05, 0.1) is 0 Å². The van der Waals surface area contributed by atoms with Crippen molar-refractivity contribution in [3.8, 4) is 28.0 Å². The summed E-state index contributed by atoms with van der Waals surface area (Å²) in [6.45, 7) is 2.04. The summed E-state index contributed by atoms with van der Waals surface area (Å²) < 4.78 is 0. The van der Waals surface area contributed by atoms with Crippen molar-refractivity contribution in [2.24, 2.45) is 0 Å². The molecule has 0 fully saturated rings. The molecule has 4 rings (SSSR count). The Labute approximate surface area is 141 Å². The van der Waals surface area contributed by atoms with E-state index in [1.807, 2.05) is 61.5 Å². The minimum absolute atomic E-state index is 0.120. The number of hydrogen-bond acceptors (Lipinski definition) is 2. The molecule has 3 aromatic carbocycles. The number of carbonyl (C=O) groups is 1. The van der Waals surface area contributed by atoms with Gasteiger partial charge in [-0.05, 0) is 36.1 Å².